The molecule has 3 nitrogen and oxygen atoms in total. The van der Waals surface area contributed by atoms with Gasteiger partial charge in [-0.3, -0.25) is 0 Å². The number of nitrogens with two attached hydrogens (primary N) is 1. The molecule has 0 spiro atoms. The third kappa shape index (κ3) is 3.70. The molecular weight excluding hydrogens is 222 g/mol. The highest BCUT2D eigenvalue weighted by atomic mass is 15.2. The fourth-order valence-electron chi connectivity index (χ4n) is 2.21. The van der Waals surface area contributed by atoms with Crippen LogP contribution in [0, 0.1) is 12.8 Å². The maximum atomic E-state index is 5.68. The van der Waals surface area contributed by atoms with Crippen molar-refractivity contribution >= 4 is 5.82 Å². The highest BCUT2D eigenvalue weighted by molar-refractivity contribution is 5.41. The number of aryl methyl sites for hydroxylation is 1. The van der Waals surface area contributed by atoms with Gasteiger partial charge < -0.3 is 10.6 Å². The summed E-state index contributed by atoms with van der Waals surface area (Å²) in [5.74, 6) is 1.83. The summed E-state index contributed by atoms with van der Waals surface area (Å²) in [7, 11) is 0. The first-order valence-corrected chi connectivity index (χ1v) is 7.07. The van der Waals surface area contributed by atoms with Crippen molar-refractivity contribution in [2.45, 2.75) is 47.1 Å². The van der Waals surface area contributed by atoms with Gasteiger partial charge in [0.05, 0.1) is 0 Å². The van der Waals surface area contributed by atoms with Crippen molar-refractivity contribution in [2.75, 3.05) is 18.0 Å². The molecule has 1 rings (SSSR count). The van der Waals surface area contributed by atoms with Crippen molar-refractivity contribution in [3.05, 3.63) is 23.4 Å². The summed E-state index contributed by atoms with van der Waals surface area (Å²) in [6, 6.07) is 4.20. The minimum atomic E-state index is 0.567. The maximum Gasteiger partial charge on any atom is 0.128 e. The van der Waals surface area contributed by atoms with E-state index in [2.05, 4.69) is 42.8 Å². The lowest BCUT2D eigenvalue weighted by Gasteiger charge is -2.27. The number of pyridine rings is 1. The first-order valence-electron chi connectivity index (χ1n) is 7.07. The van der Waals surface area contributed by atoms with E-state index in [4.69, 9.17) is 5.73 Å². The summed E-state index contributed by atoms with van der Waals surface area (Å²) in [4.78, 5) is 7.05. The van der Waals surface area contributed by atoms with Crippen LogP contribution in [0.2, 0.25) is 0 Å². The third-order valence-corrected chi connectivity index (χ3v) is 3.74. The molecule has 1 aromatic heterocycles. The molecule has 18 heavy (non-hydrogen) atoms. The van der Waals surface area contributed by atoms with Gasteiger partial charge in [-0.2, -0.15) is 0 Å². The molecule has 1 heterocycles. The SMILES string of the molecule is CCC(CC)CN(CC)c1ccc(CN)c(C)n1. The average molecular weight is 249 g/mol. The van der Waals surface area contributed by atoms with Gasteiger partial charge in [-0.25, -0.2) is 4.98 Å². The predicted molar refractivity (Wildman–Crippen MR) is 78.8 cm³/mol. The molecule has 0 radical (unpaired) electrons. The number of aromatic nitrogens is 1. The van der Waals surface area contributed by atoms with E-state index in [9.17, 15) is 0 Å². The first-order chi connectivity index (χ1) is 8.65. The fraction of sp³-hybridized carbons (Fsp3) is 0.667. The van der Waals surface area contributed by atoms with Gasteiger partial charge in [0.25, 0.3) is 0 Å². The first kappa shape index (κ1) is 15.0. The minimum Gasteiger partial charge on any atom is -0.357 e. The van der Waals surface area contributed by atoms with Gasteiger partial charge in [-0.05, 0) is 31.4 Å². The normalized spacial score (nSPS) is 11.0. The van der Waals surface area contributed by atoms with Crippen LogP contribution in [0.4, 0.5) is 5.82 Å². The van der Waals surface area contributed by atoms with Crippen molar-refractivity contribution in [1.29, 1.82) is 0 Å². The van der Waals surface area contributed by atoms with Crippen molar-refractivity contribution in [1.82, 2.24) is 4.98 Å². The molecule has 2 N–H and O–H groups in total. The molecular formula is C15H27N3. The van der Waals surface area contributed by atoms with Crippen molar-refractivity contribution in [2.24, 2.45) is 11.7 Å². The molecule has 0 amide bonds. The van der Waals surface area contributed by atoms with Crippen LogP contribution in [-0.4, -0.2) is 18.1 Å². The predicted octanol–water partition coefficient (Wildman–Crippen LogP) is 3.11. The third-order valence-electron chi connectivity index (χ3n) is 3.74. The number of hydrogen-bond acceptors (Lipinski definition) is 3. The molecule has 0 saturated heterocycles. The fourth-order valence-corrected chi connectivity index (χ4v) is 2.21. The molecule has 0 bridgehead atoms. The highest BCUT2D eigenvalue weighted by Crippen LogP contribution is 2.18. The van der Waals surface area contributed by atoms with Crippen LogP contribution in [0.15, 0.2) is 12.1 Å². The minimum absolute atomic E-state index is 0.567. The monoisotopic (exact) mass is 249 g/mol. The molecule has 0 unspecified atom stereocenters. The molecule has 102 valence electrons. The summed E-state index contributed by atoms with van der Waals surface area (Å²) >= 11 is 0. The molecule has 0 fully saturated rings. The lowest BCUT2D eigenvalue weighted by Crippen LogP contribution is -2.30. The Hall–Kier alpha value is -1.09. The molecule has 0 aliphatic carbocycles. The maximum absolute atomic E-state index is 5.68. The Bertz CT molecular complexity index is 359. The van der Waals surface area contributed by atoms with Crippen LogP contribution in [0.3, 0.4) is 0 Å². The van der Waals surface area contributed by atoms with Crippen LogP contribution in [0.25, 0.3) is 0 Å². The Labute approximate surface area is 111 Å². The van der Waals surface area contributed by atoms with E-state index < -0.39 is 0 Å². The van der Waals surface area contributed by atoms with Gasteiger partial charge in [-0.15, -0.1) is 0 Å². The van der Waals surface area contributed by atoms with Gasteiger partial charge in [-0.1, -0.05) is 32.8 Å². The molecule has 0 aliphatic heterocycles. The Kier molecular flexibility index (Phi) is 6.13. The quantitative estimate of drug-likeness (QED) is 0.807. The van der Waals surface area contributed by atoms with E-state index in [0.29, 0.717) is 6.54 Å². The molecule has 0 aromatic carbocycles. The van der Waals surface area contributed by atoms with E-state index in [-0.39, 0.29) is 0 Å². The Morgan fingerprint density at radius 3 is 2.33 bits per heavy atom. The summed E-state index contributed by atoms with van der Waals surface area (Å²) in [5.41, 5.74) is 7.87. The molecule has 0 aliphatic rings. The van der Waals surface area contributed by atoms with Crippen LogP contribution in [0.5, 0.6) is 0 Å². The van der Waals surface area contributed by atoms with Crippen LogP contribution < -0.4 is 10.6 Å². The summed E-state index contributed by atoms with van der Waals surface area (Å²) in [6.07, 6.45) is 2.46. The van der Waals surface area contributed by atoms with Crippen molar-refractivity contribution in [3.63, 3.8) is 0 Å². The van der Waals surface area contributed by atoms with Crippen LogP contribution in [-0.2, 0) is 6.54 Å². The zero-order valence-electron chi connectivity index (χ0n) is 12.2. The molecule has 0 atom stereocenters. The number of anilines is 1. The second-order valence-electron chi connectivity index (χ2n) is 4.84. The van der Waals surface area contributed by atoms with E-state index >= 15 is 0 Å². The highest BCUT2D eigenvalue weighted by Gasteiger charge is 2.12. The second-order valence-corrected chi connectivity index (χ2v) is 4.84. The smallest absolute Gasteiger partial charge is 0.128 e. The summed E-state index contributed by atoms with van der Waals surface area (Å²) in [5, 5.41) is 0. The van der Waals surface area contributed by atoms with Gasteiger partial charge in [0.15, 0.2) is 0 Å². The van der Waals surface area contributed by atoms with Gasteiger partial charge >= 0.3 is 0 Å². The van der Waals surface area contributed by atoms with E-state index in [1.54, 1.807) is 0 Å². The number of nitrogens with zero attached hydrogens (tertiary/aromatic N) is 2. The van der Waals surface area contributed by atoms with E-state index in [1.165, 1.54) is 12.8 Å². The largest absolute Gasteiger partial charge is 0.357 e. The Morgan fingerprint density at radius 2 is 1.89 bits per heavy atom. The average Bonchev–Trinajstić information content (AvgIpc) is 2.40. The summed E-state index contributed by atoms with van der Waals surface area (Å²) < 4.78 is 0. The van der Waals surface area contributed by atoms with Crippen LogP contribution >= 0.6 is 0 Å². The lowest BCUT2D eigenvalue weighted by molar-refractivity contribution is 0.484. The van der Waals surface area contributed by atoms with Gasteiger partial charge in [0, 0.05) is 25.3 Å². The Morgan fingerprint density at radius 1 is 1.22 bits per heavy atom. The topological polar surface area (TPSA) is 42.1 Å². The van der Waals surface area contributed by atoms with Crippen molar-refractivity contribution in [3.8, 4) is 0 Å². The number of hydrogen-bond donors (Lipinski definition) is 1. The van der Waals surface area contributed by atoms with E-state index in [0.717, 1.165) is 36.1 Å². The van der Waals surface area contributed by atoms with Crippen LogP contribution in [0.1, 0.15) is 44.9 Å². The molecule has 1 aromatic rings. The number of rotatable bonds is 7. The zero-order chi connectivity index (χ0) is 13.5. The van der Waals surface area contributed by atoms with Gasteiger partial charge in [0.1, 0.15) is 5.82 Å². The second kappa shape index (κ2) is 7.37. The van der Waals surface area contributed by atoms with Crippen molar-refractivity contribution < 1.29 is 0 Å². The lowest BCUT2D eigenvalue weighted by atomic mass is 10.0. The molecule has 0 saturated carbocycles. The zero-order valence-corrected chi connectivity index (χ0v) is 12.2. The van der Waals surface area contributed by atoms with E-state index in [1.807, 2.05) is 6.92 Å². The molecule has 3 heteroatoms. The Balaban J connectivity index is 2.84. The summed E-state index contributed by atoms with van der Waals surface area (Å²) in [6.45, 7) is 11.4. The van der Waals surface area contributed by atoms with Gasteiger partial charge in [0.2, 0.25) is 0 Å². The standard InChI is InChI=1S/C15H27N3/c1-5-13(6-2)11-18(7-3)15-9-8-14(10-16)12(4)17-15/h8-9,13H,5-7,10-11,16H2,1-4H3.